The highest BCUT2D eigenvalue weighted by Crippen LogP contribution is 2.34. The maximum absolute atomic E-state index is 3.60. The van der Waals surface area contributed by atoms with E-state index in [0.29, 0.717) is 6.04 Å². The van der Waals surface area contributed by atoms with Crippen LogP contribution < -0.4 is 5.43 Å². The van der Waals surface area contributed by atoms with E-state index in [4.69, 9.17) is 0 Å². The average Bonchev–Trinajstić information content (AvgIpc) is 3.06. The summed E-state index contributed by atoms with van der Waals surface area (Å²) in [4.78, 5) is 3.60. The third kappa shape index (κ3) is 1.73. The lowest BCUT2D eigenvalue weighted by Gasteiger charge is -2.25. The number of nitrogens with zero attached hydrogens (tertiary/aromatic N) is 1. The van der Waals surface area contributed by atoms with Gasteiger partial charge >= 0.3 is 0 Å². The Morgan fingerprint density at radius 3 is 2.84 bits per heavy atom. The zero-order valence-electron chi connectivity index (χ0n) is 10.8. The van der Waals surface area contributed by atoms with Crippen LogP contribution in [0.3, 0.4) is 0 Å². The van der Waals surface area contributed by atoms with Crippen LogP contribution in [-0.2, 0) is 6.42 Å². The van der Waals surface area contributed by atoms with Gasteiger partial charge in [0.1, 0.15) is 0 Å². The van der Waals surface area contributed by atoms with Crippen molar-refractivity contribution in [3.63, 3.8) is 0 Å². The molecule has 0 saturated heterocycles. The molecule has 0 fully saturated rings. The molecule has 0 saturated carbocycles. The topological polar surface area (TPSA) is 32.8 Å². The molecule has 3 nitrogen and oxygen atoms in total. The van der Waals surface area contributed by atoms with Gasteiger partial charge in [-0.3, -0.25) is 4.68 Å². The molecule has 1 aliphatic carbocycles. The van der Waals surface area contributed by atoms with Gasteiger partial charge in [0.15, 0.2) is 0 Å². The molecular weight excluding hydrogens is 234 g/mol. The van der Waals surface area contributed by atoms with Crippen molar-refractivity contribution in [2.75, 3.05) is 5.43 Å². The van der Waals surface area contributed by atoms with Gasteiger partial charge < -0.3 is 10.4 Å². The van der Waals surface area contributed by atoms with E-state index in [9.17, 15) is 0 Å². The number of nitrogens with one attached hydrogen (secondary N) is 2. The number of rotatable bonds is 2. The summed E-state index contributed by atoms with van der Waals surface area (Å²) >= 11 is 0. The van der Waals surface area contributed by atoms with Crippen LogP contribution in [0, 0.1) is 0 Å². The van der Waals surface area contributed by atoms with Gasteiger partial charge in [-0.25, -0.2) is 0 Å². The van der Waals surface area contributed by atoms with Crippen LogP contribution in [0.15, 0.2) is 48.8 Å². The lowest BCUT2D eigenvalue weighted by atomic mass is 9.92. The summed E-state index contributed by atoms with van der Waals surface area (Å²) in [6.45, 7) is 0. The molecule has 0 radical (unpaired) electrons. The predicted octanol–water partition coefficient (Wildman–Crippen LogP) is 3.59. The second-order valence-corrected chi connectivity index (χ2v) is 5.23. The zero-order chi connectivity index (χ0) is 12.7. The number of H-pyrrole nitrogens is 1. The molecule has 96 valence electrons. The highest BCUT2D eigenvalue weighted by atomic mass is 15.4. The van der Waals surface area contributed by atoms with E-state index in [-0.39, 0.29) is 0 Å². The van der Waals surface area contributed by atoms with E-state index >= 15 is 0 Å². The summed E-state index contributed by atoms with van der Waals surface area (Å²) in [5.41, 5.74) is 7.68. The molecule has 0 spiro atoms. The first-order valence-corrected chi connectivity index (χ1v) is 6.91. The second kappa shape index (κ2) is 4.19. The van der Waals surface area contributed by atoms with Crippen molar-refractivity contribution in [1.82, 2.24) is 9.66 Å². The van der Waals surface area contributed by atoms with Crippen molar-refractivity contribution in [3.05, 3.63) is 60.0 Å². The van der Waals surface area contributed by atoms with Crippen LogP contribution in [0.1, 0.15) is 30.1 Å². The van der Waals surface area contributed by atoms with E-state index in [1.54, 1.807) is 0 Å². The zero-order valence-corrected chi connectivity index (χ0v) is 10.8. The minimum absolute atomic E-state index is 0.378. The van der Waals surface area contributed by atoms with Crippen LogP contribution in [0.25, 0.3) is 10.9 Å². The predicted molar refractivity (Wildman–Crippen MR) is 77.8 cm³/mol. The van der Waals surface area contributed by atoms with Crippen molar-refractivity contribution in [2.45, 2.75) is 25.3 Å². The Morgan fingerprint density at radius 2 is 1.95 bits per heavy atom. The van der Waals surface area contributed by atoms with Crippen molar-refractivity contribution in [1.29, 1.82) is 0 Å². The Hall–Kier alpha value is -2.16. The first-order chi connectivity index (χ1) is 9.42. The Balaban J connectivity index is 1.77. The fraction of sp³-hybridized carbons (Fsp3) is 0.250. The Bertz CT molecular complexity index is 694. The average molecular weight is 251 g/mol. The third-order valence-electron chi connectivity index (χ3n) is 4.02. The molecule has 1 aromatic carbocycles. The number of hydrogen-bond donors (Lipinski definition) is 2. The first-order valence-electron chi connectivity index (χ1n) is 6.91. The monoisotopic (exact) mass is 251 g/mol. The molecule has 2 aromatic heterocycles. The molecule has 4 rings (SSSR count). The van der Waals surface area contributed by atoms with Gasteiger partial charge in [-0.1, -0.05) is 18.2 Å². The van der Waals surface area contributed by atoms with Gasteiger partial charge in [0.25, 0.3) is 0 Å². The number of aryl methyl sites for hydroxylation is 1. The van der Waals surface area contributed by atoms with E-state index in [2.05, 4.69) is 47.1 Å². The van der Waals surface area contributed by atoms with Crippen LogP contribution in [0.2, 0.25) is 0 Å². The molecule has 3 aromatic rings. The van der Waals surface area contributed by atoms with Crippen LogP contribution in [0.4, 0.5) is 0 Å². The summed E-state index contributed by atoms with van der Waals surface area (Å²) in [5, 5.41) is 1.39. The van der Waals surface area contributed by atoms with Gasteiger partial charge in [0.05, 0.1) is 6.04 Å². The summed E-state index contributed by atoms with van der Waals surface area (Å²) in [6, 6.07) is 13.1. The fourth-order valence-electron chi connectivity index (χ4n) is 3.14. The Morgan fingerprint density at radius 1 is 1.11 bits per heavy atom. The molecule has 2 N–H and O–H groups in total. The van der Waals surface area contributed by atoms with Crippen LogP contribution >= 0.6 is 0 Å². The van der Waals surface area contributed by atoms with Crippen molar-refractivity contribution >= 4 is 10.9 Å². The molecule has 2 heterocycles. The van der Waals surface area contributed by atoms with Crippen LogP contribution in [-0.4, -0.2) is 9.66 Å². The van der Waals surface area contributed by atoms with Gasteiger partial charge in [-0.15, -0.1) is 0 Å². The number of aromatic nitrogens is 2. The molecule has 19 heavy (non-hydrogen) atoms. The molecule has 1 unspecified atom stereocenters. The van der Waals surface area contributed by atoms with Gasteiger partial charge in [-0.2, -0.15) is 0 Å². The molecule has 1 atom stereocenters. The lowest BCUT2D eigenvalue weighted by molar-refractivity contribution is 0.548. The highest BCUT2D eigenvalue weighted by Gasteiger charge is 2.23. The standard InChI is InChI=1S/C16H17N3/c1-2-8-14-12(6-1)13-7-5-9-15(16(13)17-14)18-19-10-3-4-11-19/h1-4,6,8,10-11,15,17-18H,5,7,9H2. The largest absolute Gasteiger partial charge is 0.356 e. The van der Waals surface area contributed by atoms with Gasteiger partial charge in [-0.05, 0) is 43.0 Å². The number of fused-ring (bicyclic) bond motifs is 3. The summed E-state index contributed by atoms with van der Waals surface area (Å²) in [5.74, 6) is 0. The van der Waals surface area contributed by atoms with Crippen molar-refractivity contribution < 1.29 is 0 Å². The smallest absolute Gasteiger partial charge is 0.0825 e. The van der Waals surface area contributed by atoms with E-state index in [1.165, 1.54) is 41.4 Å². The summed E-state index contributed by atoms with van der Waals surface area (Å²) < 4.78 is 2.05. The van der Waals surface area contributed by atoms with E-state index in [0.717, 1.165) is 0 Å². The Labute approximate surface area is 112 Å². The van der Waals surface area contributed by atoms with Crippen molar-refractivity contribution in [2.24, 2.45) is 0 Å². The normalized spacial score (nSPS) is 18.4. The van der Waals surface area contributed by atoms with E-state index < -0.39 is 0 Å². The number of para-hydroxylation sites is 1. The maximum atomic E-state index is 3.60. The fourth-order valence-corrected chi connectivity index (χ4v) is 3.14. The molecule has 0 aliphatic heterocycles. The lowest BCUT2D eigenvalue weighted by Crippen LogP contribution is -2.23. The molecule has 0 bridgehead atoms. The summed E-state index contributed by atoms with van der Waals surface area (Å²) in [6.07, 6.45) is 7.71. The molecular formula is C16H17N3. The molecule has 0 amide bonds. The van der Waals surface area contributed by atoms with Crippen LogP contribution in [0.5, 0.6) is 0 Å². The Kier molecular flexibility index (Phi) is 2.37. The SMILES string of the molecule is c1ccc2c3c([nH]c2c1)C(Nn1cccc1)CCC3. The quantitative estimate of drug-likeness (QED) is 0.717. The van der Waals surface area contributed by atoms with Gasteiger partial charge in [0, 0.05) is 29.0 Å². The van der Waals surface area contributed by atoms with Crippen molar-refractivity contribution in [3.8, 4) is 0 Å². The number of benzene rings is 1. The minimum atomic E-state index is 0.378. The highest BCUT2D eigenvalue weighted by molar-refractivity contribution is 5.85. The van der Waals surface area contributed by atoms with Gasteiger partial charge in [0.2, 0.25) is 0 Å². The molecule has 1 aliphatic rings. The maximum Gasteiger partial charge on any atom is 0.0825 e. The van der Waals surface area contributed by atoms with E-state index in [1.807, 2.05) is 16.8 Å². The second-order valence-electron chi connectivity index (χ2n) is 5.23. The number of hydrogen-bond acceptors (Lipinski definition) is 1. The first kappa shape index (κ1) is 10.7. The molecule has 3 heteroatoms. The third-order valence-corrected chi connectivity index (χ3v) is 4.02. The minimum Gasteiger partial charge on any atom is -0.356 e. The summed E-state index contributed by atoms with van der Waals surface area (Å²) in [7, 11) is 0. The number of aromatic amines is 1.